The molecule has 1 saturated heterocycles. The summed E-state index contributed by atoms with van der Waals surface area (Å²) in [4.78, 5) is 15.4. The Morgan fingerprint density at radius 2 is 1.83 bits per heavy atom. The summed E-state index contributed by atoms with van der Waals surface area (Å²) in [6.07, 6.45) is 0.911. The van der Waals surface area contributed by atoms with Crippen molar-refractivity contribution < 1.29 is 19.0 Å². The standard InChI is InChI=1S/C24H32N2O4/c1-3-14-30-22-11-10-20(17-23(22)29-4-2)24(27)25-21(19-8-6-5-7-9-19)18-26-12-15-28-16-13-26/h5-11,17,21H,3-4,12-16,18H2,1-2H3,(H,25,27). The van der Waals surface area contributed by atoms with Crippen LogP contribution in [0.2, 0.25) is 0 Å². The van der Waals surface area contributed by atoms with Crippen LogP contribution in [0.3, 0.4) is 0 Å². The first-order valence-corrected chi connectivity index (χ1v) is 10.8. The van der Waals surface area contributed by atoms with Gasteiger partial charge in [-0.3, -0.25) is 9.69 Å². The van der Waals surface area contributed by atoms with Gasteiger partial charge >= 0.3 is 0 Å². The lowest BCUT2D eigenvalue weighted by molar-refractivity contribution is 0.0332. The van der Waals surface area contributed by atoms with E-state index in [2.05, 4.69) is 29.3 Å². The van der Waals surface area contributed by atoms with Gasteiger partial charge in [0, 0.05) is 25.2 Å². The van der Waals surface area contributed by atoms with Crippen molar-refractivity contribution >= 4 is 5.91 Å². The van der Waals surface area contributed by atoms with Crippen molar-refractivity contribution in [3.05, 3.63) is 59.7 Å². The minimum atomic E-state index is -0.125. The maximum atomic E-state index is 13.1. The SMILES string of the molecule is CCCOc1ccc(C(=O)NC(CN2CCOCC2)c2ccccc2)cc1OCC. The number of hydrogen-bond donors (Lipinski definition) is 1. The van der Waals surface area contributed by atoms with Crippen LogP contribution in [0.5, 0.6) is 11.5 Å². The van der Waals surface area contributed by atoms with Crippen LogP contribution in [-0.4, -0.2) is 56.9 Å². The van der Waals surface area contributed by atoms with E-state index in [1.165, 1.54) is 0 Å². The zero-order chi connectivity index (χ0) is 21.2. The predicted octanol–water partition coefficient (Wildman–Crippen LogP) is 3.68. The van der Waals surface area contributed by atoms with Crippen LogP contribution in [0.1, 0.15) is 42.2 Å². The number of rotatable bonds is 10. The molecule has 1 N–H and O–H groups in total. The Bertz CT molecular complexity index is 791. The van der Waals surface area contributed by atoms with Gasteiger partial charge in [-0.1, -0.05) is 37.3 Å². The first-order chi connectivity index (χ1) is 14.7. The molecule has 1 heterocycles. The van der Waals surface area contributed by atoms with Gasteiger partial charge in [-0.25, -0.2) is 0 Å². The van der Waals surface area contributed by atoms with Crippen LogP contribution in [-0.2, 0) is 4.74 Å². The van der Waals surface area contributed by atoms with Crippen LogP contribution in [0.25, 0.3) is 0 Å². The normalized spacial score (nSPS) is 15.4. The van der Waals surface area contributed by atoms with Crippen molar-refractivity contribution in [1.82, 2.24) is 10.2 Å². The molecule has 0 bridgehead atoms. The van der Waals surface area contributed by atoms with Gasteiger partial charge in [0.1, 0.15) is 0 Å². The molecule has 1 amide bonds. The molecular weight excluding hydrogens is 380 g/mol. The third-order valence-electron chi connectivity index (χ3n) is 5.02. The maximum Gasteiger partial charge on any atom is 0.251 e. The number of hydrogen-bond acceptors (Lipinski definition) is 5. The number of benzene rings is 2. The van der Waals surface area contributed by atoms with Gasteiger partial charge in [-0.15, -0.1) is 0 Å². The lowest BCUT2D eigenvalue weighted by Crippen LogP contribution is -2.43. The third-order valence-corrected chi connectivity index (χ3v) is 5.02. The van der Waals surface area contributed by atoms with Crippen molar-refractivity contribution in [2.24, 2.45) is 0 Å². The van der Waals surface area contributed by atoms with Crippen LogP contribution in [0, 0.1) is 0 Å². The average molecular weight is 413 g/mol. The highest BCUT2D eigenvalue weighted by Gasteiger charge is 2.21. The fourth-order valence-corrected chi connectivity index (χ4v) is 3.45. The average Bonchev–Trinajstić information content (AvgIpc) is 2.79. The minimum Gasteiger partial charge on any atom is -0.490 e. The molecule has 1 aliphatic rings. The van der Waals surface area contributed by atoms with E-state index in [4.69, 9.17) is 14.2 Å². The van der Waals surface area contributed by atoms with Crippen molar-refractivity contribution in [1.29, 1.82) is 0 Å². The van der Waals surface area contributed by atoms with E-state index in [1.807, 2.05) is 31.2 Å². The van der Waals surface area contributed by atoms with Gasteiger partial charge in [0.15, 0.2) is 11.5 Å². The second-order valence-corrected chi connectivity index (χ2v) is 7.29. The van der Waals surface area contributed by atoms with Crippen molar-refractivity contribution in [2.75, 3.05) is 46.1 Å². The minimum absolute atomic E-state index is 0.108. The van der Waals surface area contributed by atoms with E-state index in [1.54, 1.807) is 12.1 Å². The Hall–Kier alpha value is -2.57. The Morgan fingerprint density at radius 1 is 1.07 bits per heavy atom. The van der Waals surface area contributed by atoms with Gasteiger partial charge in [0.2, 0.25) is 0 Å². The molecule has 6 nitrogen and oxygen atoms in total. The van der Waals surface area contributed by atoms with E-state index < -0.39 is 0 Å². The Labute approximate surface area is 179 Å². The number of carbonyl (C=O) groups is 1. The van der Waals surface area contributed by atoms with E-state index >= 15 is 0 Å². The molecule has 0 saturated carbocycles. The zero-order valence-electron chi connectivity index (χ0n) is 17.9. The fraction of sp³-hybridized carbons (Fsp3) is 0.458. The van der Waals surface area contributed by atoms with Gasteiger partial charge in [-0.2, -0.15) is 0 Å². The number of morpholine rings is 1. The lowest BCUT2D eigenvalue weighted by Gasteiger charge is -2.31. The van der Waals surface area contributed by atoms with Gasteiger partial charge in [0.05, 0.1) is 32.5 Å². The third kappa shape index (κ3) is 6.21. The molecule has 3 rings (SSSR count). The number of carbonyl (C=O) groups excluding carboxylic acids is 1. The molecule has 1 unspecified atom stereocenters. The molecule has 30 heavy (non-hydrogen) atoms. The molecular formula is C24H32N2O4. The summed E-state index contributed by atoms with van der Waals surface area (Å²) < 4.78 is 16.9. The van der Waals surface area contributed by atoms with E-state index in [9.17, 15) is 4.79 Å². The van der Waals surface area contributed by atoms with E-state index in [0.717, 1.165) is 44.8 Å². The summed E-state index contributed by atoms with van der Waals surface area (Å²) in [7, 11) is 0. The number of amides is 1. The molecule has 1 atom stereocenters. The van der Waals surface area contributed by atoms with Crippen LogP contribution in [0.4, 0.5) is 0 Å². The molecule has 0 aromatic heterocycles. The molecule has 6 heteroatoms. The molecule has 0 spiro atoms. The second kappa shape index (κ2) is 11.6. The van der Waals surface area contributed by atoms with Gasteiger partial charge < -0.3 is 19.5 Å². The fourth-order valence-electron chi connectivity index (χ4n) is 3.45. The molecule has 2 aromatic rings. The van der Waals surface area contributed by atoms with Crippen molar-refractivity contribution in [3.63, 3.8) is 0 Å². The largest absolute Gasteiger partial charge is 0.490 e. The first kappa shape index (κ1) is 22.1. The summed E-state index contributed by atoms with van der Waals surface area (Å²) in [5.74, 6) is 1.14. The number of nitrogens with one attached hydrogen (secondary N) is 1. The summed E-state index contributed by atoms with van der Waals surface area (Å²) in [5, 5.41) is 3.21. The highest BCUT2D eigenvalue weighted by Crippen LogP contribution is 2.29. The maximum absolute atomic E-state index is 13.1. The van der Waals surface area contributed by atoms with Crippen LogP contribution in [0.15, 0.2) is 48.5 Å². The quantitative estimate of drug-likeness (QED) is 0.645. The predicted molar refractivity (Wildman–Crippen MR) is 117 cm³/mol. The molecule has 1 aliphatic heterocycles. The van der Waals surface area contributed by atoms with Crippen molar-refractivity contribution in [2.45, 2.75) is 26.3 Å². The Morgan fingerprint density at radius 3 is 2.53 bits per heavy atom. The first-order valence-electron chi connectivity index (χ1n) is 10.8. The summed E-state index contributed by atoms with van der Waals surface area (Å²) >= 11 is 0. The van der Waals surface area contributed by atoms with E-state index in [0.29, 0.717) is 30.3 Å². The molecule has 0 radical (unpaired) electrons. The Kier molecular flexibility index (Phi) is 8.53. The van der Waals surface area contributed by atoms with Gasteiger partial charge in [0.25, 0.3) is 5.91 Å². The lowest BCUT2D eigenvalue weighted by atomic mass is 10.0. The zero-order valence-corrected chi connectivity index (χ0v) is 17.9. The summed E-state index contributed by atoms with van der Waals surface area (Å²) in [5.41, 5.74) is 1.65. The summed E-state index contributed by atoms with van der Waals surface area (Å²) in [6.45, 7) is 9.05. The smallest absolute Gasteiger partial charge is 0.251 e. The van der Waals surface area contributed by atoms with Crippen LogP contribution < -0.4 is 14.8 Å². The molecule has 162 valence electrons. The topological polar surface area (TPSA) is 60.0 Å². The van der Waals surface area contributed by atoms with Crippen molar-refractivity contribution in [3.8, 4) is 11.5 Å². The molecule has 1 fully saturated rings. The number of ether oxygens (including phenoxy) is 3. The highest BCUT2D eigenvalue weighted by atomic mass is 16.5. The van der Waals surface area contributed by atoms with E-state index in [-0.39, 0.29) is 11.9 Å². The van der Waals surface area contributed by atoms with Gasteiger partial charge in [-0.05, 0) is 37.1 Å². The highest BCUT2D eigenvalue weighted by molar-refractivity contribution is 5.95. The molecule has 0 aliphatic carbocycles. The molecule has 2 aromatic carbocycles. The summed E-state index contributed by atoms with van der Waals surface area (Å²) in [6, 6.07) is 15.4. The second-order valence-electron chi connectivity index (χ2n) is 7.29. The number of nitrogens with zero attached hydrogens (tertiary/aromatic N) is 1. The Balaban J connectivity index is 1.76. The monoisotopic (exact) mass is 412 g/mol. The van der Waals surface area contributed by atoms with Crippen LogP contribution >= 0.6 is 0 Å².